The van der Waals surface area contributed by atoms with Gasteiger partial charge in [-0.15, -0.1) is 0 Å². The number of carbonyl (C=O) groups is 9. The molecule has 4 aromatic carbocycles. The zero-order chi connectivity index (χ0) is 68.9. The molecule has 0 radical (unpaired) electrons. The number of benzene rings is 4. The molecule has 0 spiro atoms. The number of ether oxygens (including phenoxy) is 7. The van der Waals surface area contributed by atoms with Gasteiger partial charge in [0.2, 0.25) is 12.0 Å². The smallest absolute Gasteiger partial charge is 0.455 e. The van der Waals surface area contributed by atoms with Crippen LogP contribution in [0, 0.1) is 16.7 Å². The Kier molecular flexibility index (Phi) is 21.3. The molecule has 11 atom stereocenters. The van der Waals surface area contributed by atoms with Crippen molar-refractivity contribution in [3.63, 3.8) is 0 Å². The van der Waals surface area contributed by atoms with Crippen LogP contribution in [0.2, 0.25) is 0 Å². The summed E-state index contributed by atoms with van der Waals surface area (Å²) in [6.07, 6.45) is -13.0. The normalized spacial score (nSPS) is 24.8. The number of likely N-dealkylation sites (N-methyl/N-ethyl adjacent to an activating group) is 1. The first-order valence-corrected chi connectivity index (χ1v) is 31.2. The molecule has 4 N–H and O–H groups in total. The summed E-state index contributed by atoms with van der Waals surface area (Å²) >= 11 is 0. The number of aliphatic hydroxyl groups excluding tert-OH is 1. The molecule has 506 valence electrons. The molecule has 2 saturated carbocycles. The van der Waals surface area contributed by atoms with E-state index in [4.69, 9.17) is 37.6 Å². The van der Waals surface area contributed by atoms with E-state index in [1.807, 2.05) is 38.0 Å². The highest BCUT2D eigenvalue weighted by molar-refractivity contribution is 5.97. The molecule has 2 bridgehead atoms. The number of ketones is 2. The Morgan fingerprint density at radius 2 is 1.41 bits per heavy atom. The highest BCUT2D eigenvalue weighted by Gasteiger charge is 2.78. The van der Waals surface area contributed by atoms with E-state index in [0.29, 0.717) is 25.3 Å². The second-order valence-corrected chi connectivity index (χ2v) is 25.9. The van der Waals surface area contributed by atoms with Crippen molar-refractivity contribution in [2.24, 2.45) is 16.7 Å². The SMILES string of the molecule is CC(=O)O[C@H]1C(=O)[C@@]2(C)[C@H]([C@H](OC(=O)c3ccccc3)[C@]3(O)C[C@H](OC(=O)[C@H](OC(=O)OCc4cc(=O)oc5cc(N(CC(=O)CCN(C)C)CC(=O)NCCN(C)C)ccc45)[C@@H](NC(=O)c4ccccc4)c4ccccc4)C(C)=C1C3(C)C)[C@]1(OC(C)=O)CO[C@@H]1C[C@@H]2O. The zero-order valence-electron chi connectivity index (χ0n) is 54.7. The van der Waals surface area contributed by atoms with E-state index in [-0.39, 0.29) is 82.0 Å². The molecule has 4 aliphatic rings. The van der Waals surface area contributed by atoms with E-state index in [1.165, 1.54) is 70.2 Å². The van der Waals surface area contributed by atoms with Gasteiger partial charge in [0.15, 0.2) is 23.3 Å². The van der Waals surface area contributed by atoms with Crippen LogP contribution in [0.1, 0.15) is 98.7 Å². The highest BCUT2D eigenvalue weighted by atomic mass is 16.7. The van der Waals surface area contributed by atoms with E-state index in [0.717, 1.165) is 19.9 Å². The predicted octanol–water partition coefficient (Wildman–Crippen LogP) is 5.21. The number of hydrogen-bond donors (Lipinski definition) is 4. The lowest BCUT2D eigenvalue weighted by Crippen LogP contribution is -2.82. The average Bonchev–Trinajstić information content (AvgIpc) is 0.670. The third-order valence-corrected chi connectivity index (χ3v) is 18.6. The van der Waals surface area contributed by atoms with Crippen LogP contribution < -0.4 is 21.2 Å². The van der Waals surface area contributed by atoms with Crippen LogP contribution in [0.25, 0.3) is 11.0 Å². The van der Waals surface area contributed by atoms with Gasteiger partial charge in [-0.2, -0.15) is 0 Å². The van der Waals surface area contributed by atoms with Crippen LogP contribution in [0.15, 0.2) is 136 Å². The van der Waals surface area contributed by atoms with Gasteiger partial charge in [-0.05, 0) is 95.1 Å². The monoisotopic (exact) mass is 1310 g/mol. The van der Waals surface area contributed by atoms with E-state index < -0.39 is 138 Å². The summed E-state index contributed by atoms with van der Waals surface area (Å²) in [6.45, 7) is 7.92. The van der Waals surface area contributed by atoms with Crippen LogP contribution in [0.3, 0.4) is 0 Å². The van der Waals surface area contributed by atoms with Crippen molar-refractivity contribution in [1.82, 2.24) is 20.4 Å². The summed E-state index contributed by atoms with van der Waals surface area (Å²) in [7, 11) is 7.38. The van der Waals surface area contributed by atoms with Crippen molar-refractivity contribution in [3.8, 4) is 0 Å². The standard InChI is InChI=1S/C70H81N5O20/c1-40-51(35-70(87)62(94-64(84)45-24-18-13-19-25-45)60-68(6,52(79)34-53-69(60,39-89-53)95-42(3)77)61(82)58(90-41(2)76)56(40)67(70,4)5)92-65(85)59(57(43-20-14-11-15-21-43)72-63(83)44-22-16-12-17-23-44)93-66(86)88-38-46-32-55(81)91-50-33-47(26-27-49(46)50)75(36-48(78)28-30-73(7)8)37-54(80)71-29-31-74(9)10/h11-27,32-33,51-53,57-60,62,79,87H,28-31,34-39H2,1-10H3,(H,71,80)(H,72,83)/t51-,52-,53+,57-,58+,59+,60-,62-,68+,69-,70+/m0/s1. The number of aliphatic hydroxyl groups is 2. The molecule has 2 amide bonds. The lowest BCUT2D eigenvalue weighted by molar-refractivity contribution is -0.346. The summed E-state index contributed by atoms with van der Waals surface area (Å²) in [5.74, 6) is -8.10. The maximum Gasteiger partial charge on any atom is 0.509 e. The fourth-order valence-corrected chi connectivity index (χ4v) is 13.6. The van der Waals surface area contributed by atoms with Crippen LogP contribution in [-0.2, 0) is 68.5 Å². The molecule has 25 heteroatoms. The lowest BCUT2D eigenvalue weighted by atomic mass is 9.44. The molecule has 2 heterocycles. The third kappa shape index (κ3) is 14.7. The Balaban J connectivity index is 1.11. The minimum Gasteiger partial charge on any atom is -0.455 e. The van der Waals surface area contributed by atoms with Crippen molar-refractivity contribution in [1.29, 1.82) is 0 Å². The summed E-state index contributed by atoms with van der Waals surface area (Å²) in [6, 6.07) is 27.6. The number of fused-ring (bicyclic) bond motifs is 6. The van der Waals surface area contributed by atoms with E-state index in [9.17, 15) is 48.6 Å². The molecule has 0 unspecified atom stereocenters. The average molecular weight is 1310 g/mol. The molecule has 95 heavy (non-hydrogen) atoms. The van der Waals surface area contributed by atoms with Crippen molar-refractivity contribution in [3.05, 3.63) is 159 Å². The third-order valence-electron chi connectivity index (χ3n) is 18.6. The predicted molar refractivity (Wildman–Crippen MR) is 341 cm³/mol. The van der Waals surface area contributed by atoms with Gasteiger partial charge in [-0.3, -0.25) is 28.8 Å². The first-order valence-electron chi connectivity index (χ1n) is 31.2. The Hall–Kier alpha value is -9.14. The molecule has 3 aliphatic carbocycles. The quantitative estimate of drug-likeness (QED) is 0.0267. The van der Waals surface area contributed by atoms with Gasteiger partial charge in [-0.1, -0.05) is 80.6 Å². The highest BCUT2D eigenvalue weighted by Crippen LogP contribution is 2.64. The van der Waals surface area contributed by atoms with Gasteiger partial charge in [0, 0.05) is 92.5 Å². The maximum absolute atomic E-state index is 16.0. The van der Waals surface area contributed by atoms with Crippen molar-refractivity contribution < 1.29 is 90.9 Å². The van der Waals surface area contributed by atoms with Gasteiger partial charge in [0.25, 0.3) is 5.91 Å². The minimum absolute atomic E-state index is 0.00218. The molecular weight excluding hydrogens is 1230 g/mol. The fraction of sp³-hybridized carbons (Fsp3) is 0.457. The Labute approximate surface area is 548 Å². The molecule has 25 nitrogen and oxygen atoms in total. The number of hydrogen-bond acceptors (Lipinski definition) is 23. The number of amides is 2. The van der Waals surface area contributed by atoms with E-state index in [2.05, 4.69) is 10.6 Å². The van der Waals surface area contributed by atoms with Crippen LogP contribution in [0.4, 0.5) is 10.5 Å². The number of Topliss-reactive ketones (excluding diaryl/α,β-unsaturated/α-hetero) is 2. The molecule has 5 aromatic rings. The summed E-state index contributed by atoms with van der Waals surface area (Å²) in [5, 5.41) is 32.5. The van der Waals surface area contributed by atoms with Crippen LogP contribution in [0.5, 0.6) is 0 Å². The topological polar surface area (TPSA) is 323 Å². The molecular formula is C70H81N5O20. The first-order chi connectivity index (χ1) is 45.0. The number of carbonyl (C=O) groups excluding carboxylic acids is 9. The zero-order valence-corrected chi connectivity index (χ0v) is 54.7. The van der Waals surface area contributed by atoms with Gasteiger partial charge in [0.1, 0.15) is 42.1 Å². The number of nitrogens with one attached hydrogen (secondary N) is 2. The Morgan fingerprint density at radius 3 is 2.02 bits per heavy atom. The van der Waals surface area contributed by atoms with Gasteiger partial charge in [0.05, 0.1) is 42.7 Å². The second kappa shape index (κ2) is 28.8. The van der Waals surface area contributed by atoms with Crippen molar-refractivity contribution >= 4 is 70.1 Å². The summed E-state index contributed by atoms with van der Waals surface area (Å²) in [4.78, 5) is 147. The number of esters is 4. The molecule has 1 aliphatic heterocycles. The maximum atomic E-state index is 16.0. The molecule has 3 fully saturated rings. The van der Waals surface area contributed by atoms with Crippen LogP contribution in [-0.4, -0.2) is 189 Å². The number of anilines is 1. The van der Waals surface area contributed by atoms with Crippen molar-refractivity contribution in [2.75, 3.05) is 72.4 Å². The largest absolute Gasteiger partial charge is 0.509 e. The van der Waals surface area contributed by atoms with Gasteiger partial charge < -0.3 is 73.1 Å². The van der Waals surface area contributed by atoms with Gasteiger partial charge in [-0.25, -0.2) is 19.2 Å². The van der Waals surface area contributed by atoms with E-state index >= 15 is 9.59 Å². The first kappa shape index (κ1) is 70.2. The summed E-state index contributed by atoms with van der Waals surface area (Å²) in [5.41, 5.74) is -8.63. The Morgan fingerprint density at radius 1 is 0.768 bits per heavy atom. The van der Waals surface area contributed by atoms with Gasteiger partial charge >= 0.3 is 35.7 Å². The second-order valence-electron chi connectivity index (χ2n) is 25.9. The van der Waals surface area contributed by atoms with Crippen molar-refractivity contribution in [2.45, 2.75) is 121 Å². The number of rotatable bonds is 24. The molecule has 9 rings (SSSR count). The Bertz CT molecular complexity index is 3820. The molecule has 1 saturated heterocycles. The number of nitrogens with zero attached hydrogens (tertiary/aromatic N) is 3. The fourth-order valence-electron chi connectivity index (χ4n) is 13.6. The lowest BCUT2D eigenvalue weighted by Gasteiger charge is -2.67. The van der Waals surface area contributed by atoms with E-state index in [1.54, 1.807) is 71.6 Å². The summed E-state index contributed by atoms with van der Waals surface area (Å²) < 4.78 is 48.5. The minimum atomic E-state index is -2.57. The molecule has 1 aromatic heterocycles. The van der Waals surface area contributed by atoms with Crippen LogP contribution >= 0.6 is 0 Å².